The van der Waals surface area contributed by atoms with Crippen molar-refractivity contribution in [1.82, 2.24) is 24.9 Å². The maximum absolute atomic E-state index is 12.5. The highest BCUT2D eigenvalue weighted by molar-refractivity contribution is 6.31. The van der Waals surface area contributed by atoms with Crippen molar-refractivity contribution in [1.29, 1.82) is 0 Å². The van der Waals surface area contributed by atoms with E-state index < -0.39 is 6.04 Å². The largest absolute Gasteiger partial charge is 0.468 e. The van der Waals surface area contributed by atoms with Crippen LogP contribution in [0.1, 0.15) is 17.5 Å². The number of hydrogen-bond donors (Lipinski definition) is 0. The number of aromatic nitrogens is 3. The first kappa shape index (κ1) is 20.5. The topological polar surface area (TPSA) is 84.6 Å². The molecule has 3 heterocycles. The smallest absolute Gasteiger partial charge is 0.327 e. The minimum absolute atomic E-state index is 0.311. The van der Waals surface area contributed by atoms with Crippen molar-refractivity contribution in [2.45, 2.75) is 12.6 Å². The van der Waals surface area contributed by atoms with E-state index in [4.69, 9.17) is 20.9 Å². The number of carbonyl (C=O) groups excluding carboxylic acids is 1. The van der Waals surface area contributed by atoms with Gasteiger partial charge in [-0.1, -0.05) is 35.0 Å². The molecule has 0 radical (unpaired) electrons. The molecule has 1 unspecified atom stereocenters. The second-order valence-electron chi connectivity index (χ2n) is 7.01. The Hall–Kier alpha value is -2.81. The first-order valence-electron chi connectivity index (χ1n) is 9.67. The Labute approximate surface area is 179 Å². The van der Waals surface area contributed by atoms with Gasteiger partial charge in [0.15, 0.2) is 0 Å². The van der Waals surface area contributed by atoms with Gasteiger partial charge >= 0.3 is 5.97 Å². The summed E-state index contributed by atoms with van der Waals surface area (Å²) in [5.41, 5.74) is 1.58. The Morgan fingerprint density at radius 1 is 1.20 bits per heavy atom. The highest BCUT2D eigenvalue weighted by atomic mass is 35.5. The number of hydrogen-bond acceptors (Lipinski definition) is 8. The molecule has 156 valence electrons. The molecule has 1 atom stereocenters. The molecule has 0 amide bonds. The molecule has 30 heavy (non-hydrogen) atoms. The van der Waals surface area contributed by atoms with Crippen LogP contribution < -0.4 is 0 Å². The average Bonchev–Trinajstić information content (AvgIpc) is 3.25. The van der Waals surface area contributed by atoms with E-state index in [1.807, 2.05) is 30.3 Å². The van der Waals surface area contributed by atoms with Gasteiger partial charge in [0.2, 0.25) is 11.7 Å². The van der Waals surface area contributed by atoms with E-state index >= 15 is 0 Å². The van der Waals surface area contributed by atoms with Crippen molar-refractivity contribution in [2.75, 3.05) is 33.3 Å². The molecular weight excluding hydrogens is 406 g/mol. The Morgan fingerprint density at radius 3 is 2.70 bits per heavy atom. The second kappa shape index (κ2) is 9.34. The van der Waals surface area contributed by atoms with E-state index in [0.29, 0.717) is 36.4 Å². The zero-order chi connectivity index (χ0) is 20.9. The standard InChI is InChI=1S/C21H22ClN5O3/c1-29-21(28)19(16-6-2-3-7-17(16)22)27-11-9-26(10-12-27)14-18-24-20(25-30-18)15-5-4-8-23-13-15/h2-8,13,19H,9-12,14H2,1H3. The minimum Gasteiger partial charge on any atom is -0.468 e. The van der Waals surface area contributed by atoms with Crippen molar-refractivity contribution in [2.24, 2.45) is 0 Å². The number of ether oxygens (including phenoxy) is 1. The quantitative estimate of drug-likeness (QED) is 0.555. The SMILES string of the molecule is COC(=O)C(c1ccccc1Cl)N1CCN(Cc2nc(-c3cccnc3)no2)CC1. The maximum atomic E-state index is 12.5. The van der Waals surface area contributed by atoms with Gasteiger partial charge < -0.3 is 9.26 Å². The molecular formula is C21H22ClN5O3. The van der Waals surface area contributed by atoms with Gasteiger partial charge in [-0.25, -0.2) is 4.79 Å². The third-order valence-electron chi connectivity index (χ3n) is 5.14. The van der Waals surface area contributed by atoms with Gasteiger partial charge in [0.25, 0.3) is 0 Å². The lowest BCUT2D eigenvalue weighted by molar-refractivity contribution is -0.148. The van der Waals surface area contributed by atoms with Crippen molar-refractivity contribution in [3.63, 3.8) is 0 Å². The number of benzene rings is 1. The third-order valence-corrected chi connectivity index (χ3v) is 5.49. The fraction of sp³-hybridized carbons (Fsp3) is 0.333. The summed E-state index contributed by atoms with van der Waals surface area (Å²) in [6.07, 6.45) is 3.41. The van der Waals surface area contributed by atoms with E-state index in [9.17, 15) is 4.79 Å². The lowest BCUT2D eigenvalue weighted by atomic mass is 10.0. The first-order chi connectivity index (χ1) is 14.7. The van der Waals surface area contributed by atoms with Gasteiger partial charge in [0, 0.05) is 49.2 Å². The molecule has 0 saturated carbocycles. The zero-order valence-electron chi connectivity index (χ0n) is 16.6. The van der Waals surface area contributed by atoms with E-state index in [0.717, 1.165) is 24.2 Å². The summed E-state index contributed by atoms with van der Waals surface area (Å²) < 4.78 is 10.5. The second-order valence-corrected chi connectivity index (χ2v) is 7.42. The summed E-state index contributed by atoms with van der Waals surface area (Å²) in [6, 6.07) is 10.6. The highest BCUT2D eigenvalue weighted by Crippen LogP contribution is 2.29. The lowest BCUT2D eigenvalue weighted by Gasteiger charge is -2.37. The van der Waals surface area contributed by atoms with Gasteiger partial charge in [-0.05, 0) is 23.8 Å². The molecule has 0 aliphatic carbocycles. The highest BCUT2D eigenvalue weighted by Gasteiger charge is 2.32. The van der Waals surface area contributed by atoms with E-state index in [1.165, 1.54) is 7.11 Å². The van der Waals surface area contributed by atoms with Crippen molar-refractivity contribution in [3.05, 3.63) is 65.3 Å². The minimum atomic E-state index is -0.522. The third kappa shape index (κ3) is 4.51. The predicted molar refractivity (Wildman–Crippen MR) is 111 cm³/mol. The average molecular weight is 428 g/mol. The summed E-state index contributed by atoms with van der Waals surface area (Å²) in [4.78, 5) is 25.4. The Bertz CT molecular complexity index is 989. The van der Waals surface area contributed by atoms with Crippen LogP contribution in [-0.4, -0.2) is 64.2 Å². The van der Waals surface area contributed by atoms with Crippen molar-refractivity contribution < 1.29 is 14.1 Å². The number of carbonyl (C=O) groups is 1. The van der Waals surface area contributed by atoms with Crippen molar-refractivity contribution >= 4 is 17.6 Å². The number of methoxy groups -OCH3 is 1. The van der Waals surface area contributed by atoms with Crippen molar-refractivity contribution in [3.8, 4) is 11.4 Å². The summed E-state index contributed by atoms with van der Waals surface area (Å²) >= 11 is 6.35. The van der Waals surface area contributed by atoms with E-state index in [-0.39, 0.29) is 5.97 Å². The fourth-order valence-corrected chi connectivity index (χ4v) is 3.82. The number of pyridine rings is 1. The van der Waals surface area contributed by atoms with Crippen LogP contribution in [0.3, 0.4) is 0 Å². The van der Waals surface area contributed by atoms with Crippen LogP contribution in [0, 0.1) is 0 Å². The molecule has 2 aromatic heterocycles. The predicted octanol–water partition coefficient (Wildman–Crippen LogP) is 2.82. The molecule has 1 aliphatic rings. The Morgan fingerprint density at radius 2 is 2.00 bits per heavy atom. The summed E-state index contributed by atoms with van der Waals surface area (Å²) in [5.74, 6) is 0.772. The molecule has 0 bridgehead atoms. The monoisotopic (exact) mass is 427 g/mol. The molecule has 1 fully saturated rings. The number of esters is 1. The number of rotatable bonds is 6. The lowest BCUT2D eigenvalue weighted by Crippen LogP contribution is -2.49. The van der Waals surface area contributed by atoms with Gasteiger partial charge in [0.05, 0.1) is 13.7 Å². The molecule has 1 aliphatic heterocycles. The maximum Gasteiger partial charge on any atom is 0.327 e. The number of piperazine rings is 1. The molecule has 1 aromatic carbocycles. The van der Waals surface area contributed by atoms with Crippen LogP contribution in [0.2, 0.25) is 5.02 Å². The Kier molecular flexibility index (Phi) is 6.37. The van der Waals surface area contributed by atoms with Gasteiger partial charge in [-0.3, -0.25) is 14.8 Å². The zero-order valence-corrected chi connectivity index (χ0v) is 17.3. The summed E-state index contributed by atoms with van der Waals surface area (Å²) in [7, 11) is 1.40. The molecule has 8 nitrogen and oxygen atoms in total. The molecule has 9 heteroatoms. The van der Waals surface area contributed by atoms with Crippen LogP contribution in [0.4, 0.5) is 0 Å². The molecule has 3 aromatic rings. The summed E-state index contributed by atoms with van der Waals surface area (Å²) in [6.45, 7) is 3.43. The molecule has 0 N–H and O–H groups in total. The van der Waals surface area contributed by atoms with Crippen LogP contribution >= 0.6 is 11.6 Å². The van der Waals surface area contributed by atoms with E-state index in [2.05, 4.69) is 24.9 Å². The number of nitrogens with zero attached hydrogens (tertiary/aromatic N) is 5. The van der Waals surface area contributed by atoms with Crippen LogP contribution in [0.5, 0.6) is 0 Å². The summed E-state index contributed by atoms with van der Waals surface area (Å²) in [5, 5.41) is 4.60. The van der Waals surface area contributed by atoms with E-state index in [1.54, 1.807) is 18.5 Å². The van der Waals surface area contributed by atoms with Gasteiger partial charge in [0.1, 0.15) is 6.04 Å². The van der Waals surface area contributed by atoms with Gasteiger partial charge in [-0.15, -0.1) is 0 Å². The van der Waals surface area contributed by atoms with Crippen LogP contribution in [0.25, 0.3) is 11.4 Å². The first-order valence-corrected chi connectivity index (χ1v) is 10.0. The Balaban J connectivity index is 1.40. The van der Waals surface area contributed by atoms with Crippen LogP contribution in [0.15, 0.2) is 53.3 Å². The number of halogens is 1. The van der Waals surface area contributed by atoms with Crippen LogP contribution in [-0.2, 0) is 16.1 Å². The van der Waals surface area contributed by atoms with Gasteiger partial charge in [-0.2, -0.15) is 4.98 Å². The molecule has 1 saturated heterocycles. The molecule has 0 spiro atoms. The molecule has 4 rings (SSSR count). The normalized spacial score (nSPS) is 16.3. The fourth-order valence-electron chi connectivity index (χ4n) is 3.58.